The van der Waals surface area contributed by atoms with Crippen LogP contribution in [-0.4, -0.2) is 127 Å². The van der Waals surface area contributed by atoms with Crippen molar-refractivity contribution in [3.63, 3.8) is 0 Å². The van der Waals surface area contributed by atoms with E-state index in [-0.39, 0.29) is 80.6 Å². The van der Waals surface area contributed by atoms with Gasteiger partial charge in [-0.1, -0.05) is 18.6 Å². The standard InChI is InChI=1S/C38H64N10O9S/c1-37(24-40-18-19-41-25-38(2,44-21-20-43-37)48-33(53)11-7-12-34(54)55)47-32(52)10-6-9-31(51)45-28(22-26-13-15-27(49)16-14-26)36(57)42-17-5-3-4-8-30(50)46-29(23-58)35(39)56/h13-16,28-29,40-41,43-44,49,58H,3-12,17-25H2,1-2H3,(H2,39,56)(H,42,57)(H,45,51)(H,46,50)(H,47,52)(H,48,53)(H,54,55)/t28-,29?,37+,38-/m0/s1. The second kappa shape index (κ2) is 26.5. The summed E-state index contributed by atoms with van der Waals surface area (Å²) in [5.41, 5.74) is 4.32. The number of hydrogen-bond donors (Lipinski definition) is 13. The summed E-state index contributed by atoms with van der Waals surface area (Å²) in [5.74, 6) is -3.08. The number of carboxylic acid groups (broad SMARTS) is 1. The number of aromatic hydroxyl groups is 1. The van der Waals surface area contributed by atoms with Crippen LogP contribution in [0.25, 0.3) is 0 Å². The van der Waals surface area contributed by atoms with Crippen LogP contribution in [0.15, 0.2) is 24.3 Å². The maximum absolute atomic E-state index is 13.2. The molecule has 1 fully saturated rings. The van der Waals surface area contributed by atoms with Crippen molar-refractivity contribution in [2.75, 3.05) is 51.6 Å². The second-order valence-corrected chi connectivity index (χ2v) is 15.2. The van der Waals surface area contributed by atoms with E-state index in [0.717, 1.165) is 5.56 Å². The van der Waals surface area contributed by atoms with E-state index in [1.807, 2.05) is 13.8 Å². The lowest BCUT2D eigenvalue weighted by atomic mass is 10.0. The molecule has 20 heteroatoms. The predicted molar refractivity (Wildman–Crippen MR) is 220 cm³/mol. The molecule has 0 radical (unpaired) electrons. The first-order valence-electron chi connectivity index (χ1n) is 19.8. The van der Waals surface area contributed by atoms with Crippen molar-refractivity contribution in [1.82, 2.24) is 47.9 Å². The number of carboxylic acids is 1. The van der Waals surface area contributed by atoms with Crippen LogP contribution in [0.4, 0.5) is 0 Å². The van der Waals surface area contributed by atoms with Crippen LogP contribution in [0.1, 0.15) is 83.6 Å². The summed E-state index contributed by atoms with van der Waals surface area (Å²) in [6, 6.07) is 4.57. The first-order chi connectivity index (χ1) is 27.5. The summed E-state index contributed by atoms with van der Waals surface area (Å²) in [6.07, 6.45) is 2.63. The van der Waals surface area contributed by atoms with E-state index in [9.17, 15) is 38.7 Å². The second-order valence-electron chi connectivity index (χ2n) is 14.9. The molecule has 0 spiro atoms. The largest absolute Gasteiger partial charge is 0.508 e. The molecular weight excluding hydrogens is 773 g/mol. The van der Waals surface area contributed by atoms with Crippen molar-refractivity contribution in [1.29, 1.82) is 0 Å². The monoisotopic (exact) mass is 836 g/mol. The van der Waals surface area contributed by atoms with Gasteiger partial charge in [-0.3, -0.25) is 44.2 Å². The molecule has 4 atom stereocenters. The van der Waals surface area contributed by atoms with E-state index in [1.54, 1.807) is 12.1 Å². The average molecular weight is 837 g/mol. The van der Waals surface area contributed by atoms with Gasteiger partial charge >= 0.3 is 5.97 Å². The summed E-state index contributed by atoms with van der Waals surface area (Å²) in [4.78, 5) is 86.0. The van der Waals surface area contributed by atoms with Crippen LogP contribution in [0.5, 0.6) is 5.75 Å². The molecule has 1 unspecified atom stereocenters. The fraction of sp³-hybridized carbons (Fsp3) is 0.658. The summed E-state index contributed by atoms with van der Waals surface area (Å²) < 4.78 is 0. The van der Waals surface area contributed by atoms with Crippen LogP contribution < -0.4 is 53.6 Å². The van der Waals surface area contributed by atoms with Gasteiger partial charge in [0.2, 0.25) is 35.4 Å². The van der Waals surface area contributed by atoms with E-state index in [0.29, 0.717) is 65.1 Å². The smallest absolute Gasteiger partial charge is 0.303 e. The molecule has 1 aliphatic heterocycles. The minimum absolute atomic E-state index is 0.00271. The number of phenols is 1. The number of rotatable bonds is 23. The van der Waals surface area contributed by atoms with Crippen molar-refractivity contribution in [3.05, 3.63) is 29.8 Å². The molecule has 1 aromatic carbocycles. The van der Waals surface area contributed by atoms with E-state index in [4.69, 9.17) is 10.8 Å². The van der Waals surface area contributed by atoms with Gasteiger partial charge in [0.25, 0.3) is 0 Å². The van der Waals surface area contributed by atoms with Gasteiger partial charge in [0.15, 0.2) is 0 Å². The van der Waals surface area contributed by atoms with Crippen molar-refractivity contribution in [2.24, 2.45) is 5.73 Å². The van der Waals surface area contributed by atoms with Crippen molar-refractivity contribution >= 4 is 54.0 Å². The highest BCUT2D eigenvalue weighted by molar-refractivity contribution is 7.80. The van der Waals surface area contributed by atoms with Gasteiger partial charge in [0.05, 0.1) is 0 Å². The minimum Gasteiger partial charge on any atom is -0.508 e. The molecule has 2 rings (SSSR count). The quantitative estimate of drug-likeness (QED) is 0.0440. The Labute approximate surface area is 345 Å². The molecule has 1 aliphatic rings. The van der Waals surface area contributed by atoms with E-state index in [1.165, 1.54) is 12.1 Å². The summed E-state index contributed by atoms with van der Waals surface area (Å²) in [5, 5.41) is 46.0. The zero-order chi connectivity index (χ0) is 43.0. The fourth-order valence-electron chi connectivity index (χ4n) is 6.12. The minimum atomic E-state index is -0.951. The number of nitrogens with one attached hydrogen (secondary N) is 9. The van der Waals surface area contributed by atoms with E-state index >= 15 is 0 Å². The Balaban J connectivity index is 1.85. The van der Waals surface area contributed by atoms with E-state index < -0.39 is 47.1 Å². The number of aliphatic carboxylic acids is 1. The molecule has 6 amide bonds. The Hall–Kier alpha value is -4.50. The molecule has 0 aliphatic carbocycles. The summed E-state index contributed by atoms with van der Waals surface area (Å²) in [7, 11) is 0. The average Bonchev–Trinajstić information content (AvgIpc) is 3.15. The Morgan fingerprint density at radius 3 is 1.72 bits per heavy atom. The van der Waals surface area contributed by atoms with Crippen molar-refractivity contribution in [3.8, 4) is 5.75 Å². The molecule has 0 aromatic heterocycles. The summed E-state index contributed by atoms with van der Waals surface area (Å²) in [6.45, 7) is 6.88. The topological polar surface area (TPSA) is 294 Å². The van der Waals surface area contributed by atoms with Crippen LogP contribution in [0, 0.1) is 0 Å². The number of benzene rings is 1. The Kier molecular flexibility index (Phi) is 22.7. The fourth-order valence-corrected chi connectivity index (χ4v) is 6.39. The Bertz CT molecular complexity index is 1510. The van der Waals surface area contributed by atoms with Crippen LogP contribution in [-0.2, 0) is 40.0 Å². The Morgan fingerprint density at radius 2 is 1.21 bits per heavy atom. The number of amides is 6. The number of phenolic OH excluding ortho intramolecular Hbond substituents is 1. The molecule has 1 heterocycles. The number of unbranched alkanes of at least 4 members (excludes halogenated alkanes) is 2. The maximum Gasteiger partial charge on any atom is 0.303 e. The first kappa shape index (κ1) is 49.6. The number of carbonyl (C=O) groups is 7. The lowest BCUT2D eigenvalue weighted by Gasteiger charge is -2.36. The van der Waals surface area contributed by atoms with Gasteiger partial charge < -0.3 is 53.2 Å². The zero-order valence-corrected chi connectivity index (χ0v) is 34.6. The number of carbonyl (C=O) groups excluding carboxylic acids is 6. The first-order valence-corrected chi connectivity index (χ1v) is 20.5. The molecule has 1 saturated heterocycles. The SMILES string of the molecule is C[C@]1(NC(=O)CCCC(=O)O)CNCCNC[C@@](C)(NC(=O)CCCC(=O)N[C@@H](Cc2ccc(O)cc2)C(=O)NCCCCCC(=O)NC(CS)C(N)=O)NCCN1. The molecule has 0 bridgehead atoms. The lowest BCUT2D eigenvalue weighted by molar-refractivity contribution is -0.137. The molecular formula is C38H64N10O9S. The summed E-state index contributed by atoms with van der Waals surface area (Å²) >= 11 is 4.01. The van der Waals surface area contributed by atoms with Crippen LogP contribution in [0.3, 0.4) is 0 Å². The molecule has 1 aromatic rings. The molecule has 19 nitrogen and oxygen atoms in total. The van der Waals surface area contributed by atoms with Gasteiger partial charge in [0, 0.05) is 90.1 Å². The molecule has 0 saturated carbocycles. The Morgan fingerprint density at radius 1 is 0.707 bits per heavy atom. The third-order valence-electron chi connectivity index (χ3n) is 9.29. The highest BCUT2D eigenvalue weighted by Gasteiger charge is 2.29. The van der Waals surface area contributed by atoms with Crippen LogP contribution >= 0.6 is 12.6 Å². The third-order valence-corrected chi connectivity index (χ3v) is 9.66. The zero-order valence-electron chi connectivity index (χ0n) is 33.7. The van der Waals surface area contributed by atoms with Crippen molar-refractivity contribution in [2.45, 2.75) is 108 Å². The normalized spacial score (nSPS) is 19.8. The van der Waals surface area contributed by atoms with Gasteiger partial charge in [-0.25, -0.2) is 0 Å². The molecule has 58 heavy (non-hydrogen) atoms. The van der Waals surface area contributed by atoms with Gasteiger partial charge in [0.1, 0.15) is 29.2 Å². The lowest BCUT2D eigenvalue weighted by Crippen LogP contribution is -2.66. The number of primary amides is 1. The van der Waals surface area contributed by atoms with Crippen molar-refractivity contribution < 1.29 is 43.8 Å². The predicted octanol–water partition coefficient (Wildman–Crippen LogP) is -1.54. The number of nitrogens with two attached hydrogens (primary N) is 1. The maximum atomic E-state index is 13.2. The highest BCUT2D eigenvalue weighted by Crippen LogP contribution is 2.12. The number of hydrogen-bond acceptors (Lipinski definition) is 13. The van der Waals surface area contributed by atoms with Gasteiger partial charge in [-0.15, -0.1) is 0 Å². The highest BCUT2D eigenvalue weighted by atomic mass is 32.1. The third kappa shape index (κ3) is 21.3. The van der Waals surface area contributed by atoms with Gasteiger partial charge in [-0.05, 0) is 57.2 Å². The molecule has 13 N–H and O–H groups in total. The van der Waals surface area contributed by atoms with Gasteiger partial charge in [-0.2, -0.15) is 12.6 Å². The molecule has 326 valence electrons. The number of thiol groups is 1. The van der Waals surface area contributed by atoms with E-state index in [2.05, 4.69) is 60.5 Å². The van der Waals surface area contributed by atoms with Crippen LogP contribution in [0.2, 0.25) is 0 Å².